The molecule has 1 aliphatic heterocycles. The summed E-state index contributed by atoms with van der Waals surface area (Å²) in [4.78, 5) is 37.8. The second-order valence-electron chi connectivity index (χ2n) is 5.32. The predicted molar refractivity (Wildman–Crippen MR) is 81.4 cm³/mol. The first kappa shape index (κ1) is 15.8. The van der Waals surface area contributed by atoms with Gasteiger partial charge in [0.05, 0.1) is 11.1 Å². The molecular formula is C17H12F2N2O3. The number of benzene rings is 2. The van der Waals surface area contributed by atoms with Crippen LogP contribution < -0.4 is 5.32 Å². The van der Waals surface area contributed by atoms with Crippen LogP contribution in [0.25, 0.3) is 0 Å². The minimum absolute atomic E-state index is 0.0300. The molecular weight excluding hydrogens is 318 g/mol. The Balaban J connectivity index is 1.80. The molecule has 0 bridgehead atoms. The molecule has 0 aromatic heterocycles. The van der Waals surface area contributed by atoms with E-state index in [1.165, 1.54) is 25.1 Å². The molecule has 0 aliphatic carbocycles. The van der Waals surface area contributed by atoms with Crippen LogP contribution in [0.1, 0.15) is 27.6 Å². The van der Waals surface area contributed by atoms with Crippen LogP contribution in [0.2, 0.25) is 0 Å². The molecule has 1 heterocycles. The van der Waals surface area contributed by atoms with Gasteiger partial charge in [0.15, 0.2) is 11.6 Å². The molecule has 0 fully saturated rings. The first-order valence-corrected chi connectivity index (χ1v) is 7.13. The lowest BCUT2D eigenvalue weighted by atomic mass is 10.1. The van der Waals surface area contributed by atoms with E-state index >= 15 is 0 Å². The van der Waals surface area contributed by atoms with E-state index < -0.39 is 35.4 Å². The minimum atomic E-state index is -1.11. The lowest BCUT2D eigenvalue weighted by Crippen LogP contribution is -2.45. The van der Waals surface area contributed by atoms with Gasteiger partial charge in [-0.15, -0.1) is 0 Å². The van der Waals surface area contributed by atoms with Gasteiger partial charge in [0, 0.05) is 11.8 Å². The third-order valence-electron chi connectivity index (χ3n) is 3.78. The molecule has 0 saturated carbocycles. The Morgan fingerprint density at radius 2 is 1.58 bits per heavy atom. The highest BCUT2D eigenvalue weighted by atomic mass is 19.2. The lowest BCUT2D eigenvalue weighted by Gasteiger charge is -2.21. The molecule has 2 aromatic rings. The Hall–Kier alpha value is -3.09. The summed E-state index contributed by atoms with van der Waals surface area (Å²) in [6.07, 6.45) is 0. The Kier molecular flexibility index (Phi) is 3.84. The van der Waals surface area contributed by atoms with E-state index in [0.717, 1.165) is 17.0 Å². The molecule has 3 amide bonds. The molecule has 1 aliphatic rings. The minimum Gasteiger partial charge on any atom is -0.324 e. The van der Waals surface area contributed by atoms with Gasteiger partial charge in [-0.25, -0.2) is 8.78 Å². The fourth-order valence-corrected chi connectivity index (χ4v) is 2.50. The van der Waals surface area contributed by atoms with Crippen LogP contribution in [0.3, 0.4) is 0 Å². The zero-order chi connectivity index (χ0) is 17.4. The zero-order valence-electron chi connectivity index (χ0n) is 12.5. The maximum absolute atomic E-state index is 13.2. The summed E-state index contributed by atoms with van der Waals surface area (Å²) in [5.74, 6) is -3.97. The summed E-state index contributed by atoms with van der Waals surface area (Å²) in [6, 6.07) is 8.04. The van der Waals surface area contributed by atoms with Crippen molar-refractivity contribution < 1.29 is 23.2 Å². The van der Waals surface area contributed by atoms with Crippen molar-refractivity contribution in [2.75, 3.05) is 5.32 Å². The third kappa shape index (κ3) is 2.54. The van der Waals surface area contributed by atoms with E-state index in [-0.39, 0.29) is 16.8 Å². The van der Waals surface area contributed by atoms with Crippen molar-refractivity contribution in [1.82, 2.24) is 4.90 Å². The molecule has 24 heavy (non-hydrogen) atoms. The number of amides is 3. The maximum atomic E-state index is 13.2. The molecule has 3 rings (SSSR count). The number of imide groups is 1. The molecule has 0 radical (unpaired) electrons. The van der Waals surface area contributed by atoms with Gasteiger partial charge in [-0.1, -0.05) is 12.1 Å². The maximum Gasteiger partial charge on any atom is 0.262 e. The summed E-state index contributed by atoms with van der Waals surface area (Å²) in [6.45, 7) is 1.39. The summed E-state index contributed by atoms with van der Waals surface area (Å²) >= 11 is 0. The second-order valence-corrected chi connectivity index (χ2v) is 5.32. The van der Waals surface area contributed by atoms with Crippen LogP contribution in [0, 0.1) is 11.6 Å². The normalized spacial score (nSPS) is 14.5. The van der Waals surface area contributed by atoms with Crippen molar-refractivity contribution in [2.45, 2.75) is 13.0 Å². The van der Waals surface area contributed by atoms with Crippen molar-refractivity contribution in [1.29, 1.82) is 0 Å². The number of hydrogen-bond acceptors (Lipinski definition) is 3. The van der Waals surface area contributed by atoms with Crippen LogP contribution in [0.5, 0.6) is 0 Å². The van der Waals surface area contributed by atoms with Crippen molar-refractivity contribution >= 4 is 23.4 Å². The Morgan fingerprint density at radius 1 is 1.00 bits per heavy atom. The molecule has 0 saturated heterocycles. The molecule has 5 nitrogen and oxygen atoms in total. The number of fused-ring (bicyclic) bond motifs is 1. The molecule has 122 valence electrons. The quantitative estimate of drug-likeness (QED) is 0.880. The number of carbonyl (C=O) groups is 3. The summed E-state index contributed by atoms with van der Waals surface area (Å²) < 4.78 is 26.1. The molecule has 0 unspecified atom stereocenters. The standard InChI is InChI=1S/C17H12F2N2O3/c1-9(15(22)20-10-6-7-13(18)14(19)8-10)21-16(23)11-4-2-3-5-12(11)17(21)24/h2-9H,1H3,(H,20,22)/t9-/m0/s1. The number of hydrogen-bond donors (Lipinski definition) is 1. The largest absolute Gasteiger partial charge is 0.324 e. The van der Waals surface area contributed by atoms with Gasteiger partial charge < -0.3 is 5.32 Å². The number of rotatable bonds is 3. The number of nitrogens with zero attached hydrogens (tertiary/aromatic N) is 1. The van der Waals surface area contributed by atoms with E-state index in [0.29, 0.717) is 0 Å². The molecule has 1 N–H and O–H groups in total. The fourth-order valence-electron chi connectivity index (χ4n) is 2.50. The van der Waals surface area contributed by atoms with Crippen LogP contribution >= 0.6 is 0 Å². The second kappa shape index (κ2) is 5.84. The number of anilines is 1. The molecule has 2 aromatic carbocycles. The SMILES string of the molecule is C[C@@H](C(=O)Nc1ccc(F)c(F)c1)N1C(=O)c2ccccc2C1=O. The van der Waals surface area contributed by atoms with Gasteiger partial charge in [-0.2, -0.15) is 0 Å². The topological polar surface area (TPSA) is 66.5 Å². The average molecular weight is 330 g/mol. The summed E-state index contributed by atoms with van der Waals surface area (Å²) in [5, 5.41) is 2.36. The van der Waals surface area contributed by atoms with Gasteiger partial charge in [0.25, 0.3) is 11.8 Å². The lowest BCUT2D eigenvalue weighted by molar-refractivity contribution is -0.119. The van der Waals surface area contributed by atoms with E-state index in [4.69, 9.17) is 0 Å². The van der Waals surface area contributed by atoms with Crippen LogP contribution in [-0.2, 0) is 4.79 Å². The summed E-state index contributed by atoms with van der Waals surface area (Å²) in [5.41, 5.74) is 0.493. The molecule has 0 spiro atoms. The van der Waals surface area contributed by atoms with Gasteiger partial charge in [0.2, 0.25) is 5.91 Å². The van der Waals surface area contributed by atoms with E-state index in [2.05, 4.69) is 5.32 Å². The van der Waals surface area contributed by atoms with Gasteiger partial charge in [-0.05, 0) is 31.2 Å². The zero-order valence-corrected chi connectivity index (χ0v) is 12.5. The fraction of sp³-hybridized carbons (Fsp3) is 0.118. The monoisotopic (exact) mass is 330 g/mol. The first-order chi connectivity index (χ1) is 11.4. The third-order valence-corrected chi connectivity index (χ3v) is 3.78. The van der Waals surface area contributed by atoms with Crippen molar-refractivity contribution in [3.8, 4) is 0 Å². The Bertz CT molecular complexity index is 832. The van der Waals surface area contributed by atoms with E-state index in [1.807, 2.05) is 0 Å². The number of halogens is 2. The van der Waals surface area contributed by atoms with Crippen LogP contribution in [0.15, 0.2) is 42.5 Å². The Labute approximate surface area is 135 Å². The predicted octanol–water partition coefficient (Wildman–Crippen LogP) is 2.59. The van der Waals surface area contributed by atoms with Gasteiger partial charge >= 0.3 is 0 Å². The van der Waals surface area contributed by atoms with Crippen molar-refractivity contribution in [3.63, 3.8) is 0 Å². The van der Waals surface area contributed by atoms with E-state index in [9.17, 15) is 23.2 Å². The van der Waals surface area contributed by atoms with Gasteiger partial charge in [0.1, 0.15) is 6.04 Å². The van der Waals surface area contributed by atoms with Crippen LogP contribution in [0.4, 0.5) is 14.5 Å². The summed E-state index contributed by atoms with van der Waals surface area (Å²) in [7, 11) is 0. The van der Waals surface area contributed by atoms with Crippen molar-refractivity contribution in [2.24, 2.45) is 0 Å². The highest BCUT2D eigenvalue weighted by Crippen LogP contribution is 2.25. The first-order valence-electron chi connectivity index (χ1n) is 7.13. The van der Waals surface area contributed by atoms with Crippen LogP contribution in [-0.4, -0.2) is 28.7 Å². The molecule has 7 heteroatoms. The molecule has 1 atom stereocenters. The van der Waals surface area contributed by atoms with Gasteiger partial charge in [-0.3, -0.25) is 19.3 Å². The Morgan fingerprint density at radius 3 is 2.12 bits per heavy atom. The van der Waals surface area contributed by atoms with Crippen molar-refractivity contribution in [3.05, 3.63) is 65.2 Å². The smallest absolute Gasteiger partial charge is 0.262 e. The number of carbonyl (C=O) groups excluding carboxylic acids is 3. The number of nitrogens with one attached hydrogen (secondary N) is 1. The average Bonchev–Trinajstić information content (AvgIpc) is 2.82. The highest BCUT2D eigenvalue weighted by Gasteiger charge is 2.40. The van der Waals surface area contributed by atoms with E-state index in [1.54, 1.807) is 12.1 Å². The highest BCUT2D eigenvalue weighted by molar-refractivity contribution is 6.23.